The summed E-state index contributed by atoms with van der Waals surface area (Å²) >= 11 is 0. The fraction of sp³-hybridized carbons (Fsp3) is 0.484. The Morgan fingerprint density at radius 1 is 1.07 bits per heavy atom. The highest BCUT2D eigenvalue weighted by molar-refractivity contribution is 5.89. The summed E-state index contributed by atoms with van der Waals surface area (Å²) in [7, 11) is 1.13. The van der Waals surface area contributed by atoms with Crippen molar-refractivity contribution in [3.05, 3.63) is 65.2 Å². The molecule has 0 aromatic heterocycles. The van der Waals surface area contributed by atoms with Gasteiger partial charge in [0, 0.05) is 24.9 Å². The molecular weight excluding hydrogens is 518 g/mol. The van der Waals surface area contributed by atoms with Gasteiger partial charge in [-0.25, -0.2) is 18.4 Å². The molecule has 1 aliphatic rings. The maximum absolute atomic E-state index is 13.9. The Kier molecular flexibility index (Phi) is 10.2. The molecule has 0 spiro atoms. The van der Waals surface area contributed by atoms with E-state index in [2.05, 4.69) is 5.32 Å². The number of rotatable bonds is 12. The number of alkyl halides is 2. The smallest absolute Gasteiger partial charge is 0.332 e. The molecule has 2 aromatic carbocycles. The number of hydrogen-bond acceptors (Lipinski definition) is 5. The third-order valence-electron chi connectivity index (χ3n) is 7.24. The number of carbonyl (C=O) groups excluding carboxylic acids is 2. The third-order valence-corrected chi connectivity index (χ3v) is 7.24. The summed E-state index contributed by atoms with van der Waals surface area (Å²) in [6.07, 6.45) is 0.924. The second-order valence-corrected chi connectivity index (χ2v) is 10.1. The second kappa shape index (κ2) is 13.2. The molecule has 1 fully saturated rings. The predicted octanol–water partition coefficient (Wildman–Crippen LogP) is 6.70. The Labute approximate surface area is 235 Å². The first-order valence-electron chi connectivity index (χ1n) is 13.6. The molecule has 1 N–H and O–H groups in total. The lowest BCUT2D eigenvalue weighted by Crippen LogP contribution is -2.68. The number of nitrogens with zero attached hydrogens (tertiary/aromatic N) is 1. The van der Waals surface area contributed by atoms with E-state index in [1.807, 2.05) is 83.2 Å². The highest BCUT2D eigenvalue weighted by Gasteiger charge is 2.63. The number of nitrogens with one attached hydrogen (secondary N) is 1. The maximum Gasteiger partial charge on any atom is 0.332 e. The van der Waals surface area contributed by atoms with Crippen LogP contribution in [0.2, 0.25) is 0 Å². The van der Waals surface area contributed by atoms with Crippen LogP contribution in [0.3, 0.4) is 0 Å². The molecule has 1 atom stereocenters. The van der Waals surface area contributed by atoms with Gasteiger partial charge in [-0.05, 0) is 69.9 Å². The van der Waals surface area contributed by atoms with E-state index in [0.717, 1.165) is 29.4 Å². The summed E-state index contributed by atoms with van der Waals surface area (Å²) in [6.45, 7) is 10.7. The van der Waals surface area contributed by atoms with Gasteiger partial charge >= 0.3 is 12.0 Å². The number of halogens is 2. The molecule has 0 unspecified atom stereocenters. The van der Waals surface area contributed by atoms with Crippen LogP contribution in [0, 0.1) is 6.92 Å². The molecule has 7 nitrogen and oxygen atoms in total. The van der Waals surface area contributed by atoms with E-state index in [9.17, 15) is 18.4 Å². The van der Waals surface area contributed by atoms with Gasteiger partial charge < -0.3 is 24.4 Å². The molecule has 0 saturated heterocycles. The zero-order valence-electron chi connectivity index (χ0n) is 24.2. The van der Waals surface area contributed by atoms with E-state index in [-0.39, 0.29) is 6.54 Å². The minimum absolute atomic E-state index is 0.270. The Morgan fingerprint density at radius 2 is 1.65 bits per heavy atom. The van der Waals surface area contributed by atoms with Gasteiger partial charge in [-0.15, -0.1) is 0 Å². The van der Waals surface area contributed by atoms with Crippen LogP contribution in [-0.4, -0.2) is 55.2 Å². The monoisotopic (exact) mass is 558 g/mol. The first-order valence-corrected chi connectivity index (χ1v) is 13.6. The number of carbonyl (C=O) groups is 2. The van der Waals surface area contributed by atoms with E-state index >= 15 is 0 Å². The molecule has 218 valence electrons. The van der Waals surface area contributed by atoms with Crippen LogP contribution in [0.4, 0.5) is 13.6 Å². The fourth-order valence-corrected chi connectivity index (χ4v) is 5.01. The first-order chi connectivity index (χ1) is 19.0. The zero-order chi connectivity index (χ0) is 29.5. The van der Waals surface area contributed by atoms with E-state index in [0.29, 0.717) is 31.1 Å². The molecule has 0 heterocycles. The Hall–Kier alpha value is -3.62. The molecule has 40 heavy (non-hydrogen) atoms. The van der Waals surface area contributed by atoms with Crippen LogP contribution in [0.1, 0.15) is 69.7 Å². The number of benzene rings is 2. The molecule has 0 radical (unpaired) electrons. The van der Waals surface area contributed by atoms with Gasteiger partial charge in [0.25, 0.3) is 5.92 Å². The number of methoxy groups -OCH3 is 1. The first kappa shape index (κ1) is 30.9. The number of hydrogen-bond donors (Lipinski definition) is 1. The average molecular weight is 559 g/mol. The van der Waals surface area contributed by atoms with Crippen molar-refractivity contribution in [2.24, 2.45) is 0 Å². The molecule has 0 aliphatic heterocycles. The van der Waals surface area contributed by atoms with E-state index in [1.54, 1.807) is 4.90 Å². The predicted molar refractivity (Wildman–Crippen MR) is 151 cm³/mol. The Bertz CT molecular complexity index is 1180. The van der Waals surface area contributed by atoms with E-state index in [1.165, 1.54) is 0 Å². The molecule has 0 bridgehead atoms. The zero-order valence-corrected chi connectivity index (χ0v) is 24.2. The lowest BCUT2D eigenvalue weighted by atomic mass is 9.73. The summed E-state index contributed by atoms with van der Waals surface area (Å²) in [5, 5.41) is 2.60. The summed E-state index contributed by atoms with van der Waals surface area (Å²) in [4.78, 5) is 27.8. The minimum atomic E-state index is -3.05. The van der Waals surface area contributed by atoms with E-state index < -0.39 is 42.3 Å². The molecule has 2 aromatic rings. The standard InChI is InChI=1S/C31H40F2N2O5/c1-7-39-26-17-25(18-27(22(26)4)40-8-2)23(5)35(16-12-13-21(3)24-14-10-9-11-15-24)29(37)34-30(28(36)38-6)19-31(32,33)20-30/h9-11,13-15,17-18,23H,7-8,12,16,19-20H2,1-6H3,(H,34,37)/b21-13+/t23-/m1/s1. The maximum atomic E-state index is 13.9. The fourth-order valence-electron chi connectivity index (χ4n) is 5.01. The molecule has 2 amide bonds. The lowest BCUT2D eigenvalue weighted by Gasteiger charge is -2.46. The summed E-state index contributed by atoms with van der Waals surface area (Å²) in [6, 6.07) is 12.5. The average Bonchev–Trinajstić information content (AvgIpc) is 2.91. The van der Waals surface area contributed by atoms with Gasteiger partial charge in [0.1, 0.15) is 11.5 Å². The number of esters is 1. The number of ether oxygens (including phenoxy) is 3. The topological polar surface area (TPSA) is 77.1 Å². The Balaban J connectivity index is 1.94. The van der Waals surface area contributed by atoms with E-state index in [4.69, 9.17) is 14.2 Å². The molecule has 1 saturated carbocycles. The van der Waals surface area contributed by atoms with Crippen LogP contribution in [0.15, 0.2) is 48.5 Å². The van der Waals surface area contributed by atoms with Crippen molar-refractivity contribution in [1.82, 2.24) is 10.2 Å². The molecule has 3 rings (SSSR count). The van der Waals surface area contributed by atoms with Crippen LogP contribution < -0.4 is 14.8 Å². The number of urea groups is 1. The van der Waals surface area contributed by atoms with Crippen LogP contribution in [0.5, 0.6) is 11.5 Å². The summed E-state index contributed by atoms with van der Waals surface area (Å²) < 4.78 is 44.3. The minimum Gasteiger partial charge on any atom is -0.493 e. The lowest BCUT2D eigenvalue weighted by molar-refractivity contribution is -0.178. The third kappa shape index (κ3) is 7.11. The van der Waals surface area contributed by atoms with Crippen molar-refractivity contribution in [2.75, 3.05) is 26.9 Å². The second-order valence-electron chi connectivity index (χ2n) is 10.1. The summed E-state index contributed by atoms with van der Waals surface area (Å²) in [5.41, 5.74) is 1.93. The normalized spacial score (nSPS) is 16.4. The van der Waals surface area contributed by atoms with Gasteiger partial charge in [0.05, 0.1) is 26.4 Å². The van der Waals surface area contributed by atoms with Crippen molar-refractivity contribution >= 4 is 17.6 Å². The van der Waals surface area contributed by atoms with Crippen LogP contribution in [-0.2, 0) is 9.53 Å². The molecule has 1 aliphatic carbocycles. The van der Waals surface area contributed by atoms with Crippen molar-refractivity contribution in [3.63, 3.8) is 0 Å². The van der Waals surface area contributed by atoms with Crippen molar-refractivity contribution in [1.29, 1.82) is 0 Å². The SMILES string of the molecule is CCOc1cc([C@@H](C)N(CC/C=C(\C)c2ccccc2)C(=O)NC2(C(=O)OC)CC(F)(F)C2)cc(OCC)c1C. The molecular formula is C31H40F2N2O5. The highest BCUT2D eigenvalue weighted by Crippen LogP contribution is 2.46. The number of allylic oxidation sites excluding steroid dienone is 1. The quantitative estimate of drug-likeness (QED) is 0.294. The Morgan fingerprint density at radius 3 is 2.15 bits per heavy atom. The van der Waals surface area contributed by atoms with Crippen molar-refractivity contribution in [2.45, 2.75) is 71.4 Å². The summed E-state index contributed by atoms with van der Waals surface area (Å²) in [5.74, 6) is -2.66. The van der Waals surface area contributed by atoms with Gasteiger partial charge in [-0.3, -0.25) is 0 Å². The van der Waals surface area contributed by atoms with Crippen LogP contribution in [0.25, 0.3) is 5.57 Å². The van der Waals surface area contributed by atoms with Crippen molar-refractivity contribution in [3.8, 4) is 11.5 Å². The largest absolute Gasteiger partial charge is 0.493 e. The van der Waals surface area contributed by atoms with Gasteiger partial charge in [-0.2, -0.15) is 0 Å². The molecule has 9 heteroatoms. The highest BCUT2D eigenvalue weighted by atomic mass is 19.3. The number of amides is 2. The van der Waals surface area contributed by atoms with Crippen LogP contribution >= 0.6 is 0 Å². The van der Waals surface area contributed by atoms with Gasteiger partial charge in [0.15, 0.2) is 5.54 Å². The van der Waals surface area contributed by atoms with Crippen molar-refractivity contribution < 1.29 is 32.6 Å². The van der Waals surface area contributed by atoms with Gasteiger partial charge in [-0.1, -0.05) is 36.4 Å². The van der Waals surface area contributed by atoms with Gasteiger partial charge in [0.2, 0.25) is 0 Å².